The summed E-state index contributed by atoms with van der Waals surface area (Å²) in [5, 5.41) is 15.0. The number of piperidine rings is 1. The van der Waals surface area contributed by atoms with Crippen LogP contribution in [0.2, 0.25) is 0 Å². The Morgan fingerprint density at radius 1 is 1.08 bits per heavy atom. The summed E-state index contributed by atoms with van der Waals surface area (Å²) in [4.78, 5) is 7.41. The number of nitrogens with one attached hydrogen (secondary N) is 1. The van der Waals surface area contributed by atoms with Gasteiger partial charge in [0.05, 0.1) is 11.1 Å². The largest absolute Gasteiger partial charge is 0.389 e. The maximum atomic E-state index is 10.3. The third kappa shape index (κ3) is 3.26. The molecule has 0 spiro atoms. The summed E-state index contributed by atoms with van der Waals surface area (Å²) < 4.78 is 0. The predicted octanol–water partition coefficient (Wildman–Crippen LogP) is 3.23. The molecule has 4 rings (SSSR count). The Morgan fingerprint density at radius 2 is 1.88 bits per heavy atom. The third-order valence-corrected chi connectivity index (χ3v) is 5.49. The lowest BCUT2D eigenvalue weighted by molar-refractivity contribution is -0.0314. The van der Waals surface area contributed by atoms with Crippen molar-refractivity contribution in [2.45, 2.75) is 50.7 Å². The van der Waals surface area contributed by atoms with Crippen molar-refractivity contribution in [2.75, 3.05) is 24.5 Å². The molecule has 1 aliphatic carbocycles. The monoisotopic (exact) mass is 325 g/mol. The first-order valence-electron chi connectivity index (χ1n) is 9.30. The van der Waals surface area contributed by atoms with E-state index in [-0.39, 0.29) is 0 Å². The Balaban J connectivity index is 1.58. The van der Waals surface area contributed by atoms with E-state index < -0.39 is 5.60 Å². The highest BCUT2D eigenvalue weighted by atomic mass is 16.3. The molecule has 0 unspecified atom stereocenters. The molecule has 0 radical (unpaired) electrons. The van der Waals surface area contributed by atoms with Gasteiger partial charge >= 0.3 is 0 Å². The normalized spacial score (nSPS) is 20.1. The molecule has 2 fully saturated rings. The highest BCUT2D eigenvalue weighted by molar-refractivity contribution is 5.81. The Labute approximate surface area is 143 Å². The molecular weight excluding hydrogens is 298 g/mol. The van der Waals surface area contributed by atoms with E-state index in [1.165, 1.54) is 30.2 Å². The maximum absolute atomic E-state index is 10.3. The van der Waals surface area contributed by atoms with E-state index in [2.05, 4.69) is 40.5 Å². The van der Waals surface area contributed by atoms with Crippen LogP contribution in [0.4, 0.5) is 5.82 Å². The van der Waals surface area contributed by atoms with Gasteiger partial charge in [0.1, 0.15) is 5.82 Å². The molecule has 0 atom stereocenters. The minimum Gasteiger partial charge on any atom is -0.389 e. The van der Waals surface area contributed by atoms with Gasteiger partial charge in [-0.3, -0.25) is 0 Å². The quantitative estimate of drug-likeness (QED) is 0.886. The summed E-state index contributed by atoms with van der Waals surface area (Å²) in [7, 11) is 0. The van der Waals surface area contributed by atoms with Gasteiger partial charge in [0, 0.05) is 37.1 Å². The number of anilines is 1. The molecule has 1 saturated carbocycles. The number of hydrogen-bond acceptors (Lipinski definition) is 4. The average molecular weight is 325 g/mol. The van der Waals surface area contributed by atoms with E-state index in [0.29, 0.717) is 6.54 Å². The maximum Gasteiger partial charge on any atom is 0.133 e. The van der Waals surface area contributed by atoms with Crippen LogP contribution >= 0.6 is 0 Å². The van der Waals surface area contributed by atoms with Crippen molar-refractivity contribution in [1.82, 2.24) is 10.3 Å². The van der Waals surface area contributed by atoms with E-state index in [4.69, 9.17) is 4.98 Å². The molecule has 1 aromatic heterocycles. The lowest BCUT2D eigenvalue weighted by Gasteiger charge is -2.37. The second-order valence-electron chi connectivity index (χ2n) is 7.39. The van der Waals surface area contributed by atoms with Gasteiger partial charge < -0.3 is 15.3 Å². The molecule has 2 heterocycles. The molecule has 2 N–H and O–H groups in total. The van der Waals surface area contributed by atoms with Crippen molar-refractivity contribution in [3.8, 4) is 0 Å². The molecular formula is C20H27N3O. The predicted molar refractivity (Wildman–Crippen MR) is 98.3 cm³/mol. The van der Waals surface area contributed by atoms with E-state index in [1.54, 1.807) is 0 Å². The number of aliphatic hydroxyl groups is 1. The first kappa shape index (κ1) is 15.9. The molecule has 128 valence electrons. The standard InChI is InChI=1S/C20H27N3O/c24-20(9-6-10-20)15-21-14-17-13-16-7-2-3-8-18(16)22-19(17)23-11-4-1-5-12-23/h2-3,7-8,13,21,24H,1,4-6,9-12,14-15H2. The van der Waals surface area contributed by atoms with Gasteiger partial charge in [-0.2, -0.15) is 0 Å². The van der Waals surface area contributed by atoms with E-state index in [9.17, 15) is 5.11 Å². The lowest BCUT2D eigenvalue weighted by atomic mass is 9.80. The van der Waals surface area contributed by atoms with E-state index in [0.717, 1.165) is 50.2 Å². The second-order valence-corrected chi connectivity index (χ2v) is 7.39. The summed E-state index contributed by atoms with van der Waals surface area (Å²) >= 11 is 0. The van der Waals surface area contributed by atoms with Crippen molar-refractivity contribution >= 4 is 16.7 Å². The SMILES string of the molecule is OC1(CNCc2cc3ccccc3nc2N2CCCCC2)CCC1. The van der Waals surface area contributed by atoms with Crippen LogP contribution in [0.3, 0.4) is 0 Å². The first-order valence-corrected chi connectivity index (χ1v) is 9.30. The van der Waals surface area contributed by atoms with Crippen LogP contribution in [0, 0.1) is 0 Å². The molecule has 0 amide bonds. The summed E-state index contributed by atoms with van der Waals surface area (Å²) in [6.07, 6.45) is 6.82. The first-order chi connectivity index (χ1) is 11.7. The van der Waals surface area contributed by atoms with Crippen molar-refractivity contribution < 1.29 is 5.11 Å². The van der Waals surface area contributed by atoms with Gasteiger partial charge in [-0.05, 0) is 50.7 Å². The van der Waals surface area contributed by atoms with Gasteiger partial charge in [0.15, 0.2) is 0 Å². The number of rotatable bonds is 5. The average Bonchev–Trinajstić information content (AvgIpc) is 2.60. The van der Waals surface area contributed by atoms with Gasteiger partial charge in [-0.25, -0.2) is 4.98 Å². The van der Waals surface area contributed by atoms with Crippen LogP contribution in [0.25, 0.3) is 10.9 Å². The van der Waals surface area contributed by atoms with Crippen molar-refractivity contribution in [3.63, 3.8) is 0 Å². The van der Waals surface area contributed by atoms with Gasteiger partial charge in [0.25, 0.3) is 0 Å². The van der Waals surface area contributed by atoms with Gasteiger partial charge in [-0.1, -0.05) is 18.2 Å². The van der Waals surface area contributed by atoms with Crippen molar-refractivity contribution in [1.29, 1.82) is 0 Å². The van der Waals surface area contributed by atoms with Crippen LogP contribution in [-0.2, 0) is 6.54 Å². The second kappa shape index (κ2) is 6.69. The molecule has 4 heteroatoms. The summed E-state index contributed by atoms with van der Waals surface area (Å²) in [5.74, 6) is 1.13. The molecule has 2 aromatic rings. The zero-order valence-electron chi connectivity index (χ0n) is 14.3. The molecule has 1 aliphatic heterocycles. The van der Waals surface area contributed by atoms with Crippen LogP contribution in [0.5, 0.6) is 0 Å². The van der Waals surface area contributed by atoms with Crippen LogP contribution in [0.15, 0.2) is 30.3 Å². The van der Waals surface area contributed by atoms with Gasteiger partial charge in [0.2, 0.25) is 0 Å². The zero-order chi connectivity index (χ0) is 16.4. The number of benzene rings is 1. The number of para-hydroxylation sites is 1. The topological polar surface area (TPSA) is 48.4 Å². The Kier molecular flexibility index (Phi) is 4.42. The van der Waals surface area contributed by atoms with Crippen molar-refractivity contribution in [2.24, 2.45) is 0 Å². The minimum absolute atomic E-state index is 0.477. The fourth-order valence-electron chi connectivity index (χ4n) is 3.85. The number of pyridine rings is 1. The molecule has 2 aliphatic rings. The highest BCUT2D eigenvalue weighted by Gasteiger charge is 2.33. The summed E-state index contributed by atoms with van der Waals surface area (Å²) in [6.45, 7) is 3.65. The van der Waals surface area contributed by atoms with Crippen molar-refractivity contribution in [3.05, 3.63) is 35.9 Å². The van der Waals surface area contributed by atoms with Crippen LogP contribution < -0.4 is 10.2 Å². The fourth-order valence-corrected chi connectivity index (χ4v) is 3.85. The third-order valence-electron chi connectivity index (χ3n) is 5.49. The number of fused-ring (bicyclic) bond motifs is 1. The molecule has 1 saturated heterocycles. The molecule has 4 nitrogen and oxygen atoms in total. The van der Waals surface area contributed by atoms with E-state index in [1.807, 2.05) is 0 Å². The Bertz CT molecular complexity index is 705. The number of hydrogen-bond donors (Lipinski definition) is 2. The summed E-state index contributed by atoms with van der Waals surface area (Å²) in [5.41, 5.74) is 1.84. The Hall–Kier alpha value is -1.65. The minimum atomic E-state index is -0.477. The number of nitrogens with zero attached hydrogens (tertiary/aromatic N) is 2. The summed E-state index contributed by atoms with van der Waals surface area (Å²) in [6, 6.07) is 10.6. The zero-order valence-corrected chi connectivity index (χ0v) is 14.3. The van der Waals surface area contributed by atoms with E-state index >= 15 is 0 Å². The number of aromatic nitrogens is 1. The molecule has 24 heavy (non-hydrogen) atoms. The lowest BCUT2D eigenvalue weighted by Crippen LogP contribution is -2.46. The molecule has 0 bridgehead atoms. The van der Waals surface area contributed by atoms with Gasteiger partial charge in [-0.15, -0.1) is 0 Å². The smallest absolute Gasteiger partial charge is 0.133 e. The Morgan fingerprint density at radius 3 is 2.62 bits per heavy atom. The fraction of sp³-hybridized carbons (Fsp3) is 0.550. The molecule has 1 aromatic carbocycles. The van der Waals surface area contributed by atoms with Crippen LogP contribution in [-0.4, -0.2) is 35.3 Å². The van der Waals surface area contributed by atoms with Crippen LogP contribution in [0.1, 0.15) is 44.1 Å². The highest BCUT2D eigenvalue weighted by Crippen LogP contribution is 2.31.